The van der Waals surface area contributed by atoms with E-state index in [0.717, 1.165) is 44.7 Å². The summed E-state index contributed by atoms with van der Waals surface area (Å²) >= 11 is 0. The Balaban J connectivity index is 1.09. The Hall–Kier alpha value is -7.10. The lowest BCUT2D eigenvalue weighted by Gasteiger charge is -2.27. The molecule has 2 aromatic heterocycles. The number of anilines is 3. The van der Waals surface area contributed by atoms with Crippen LogP contribution in [0.3, 0.4) is 0 Å². The zero-order chi connectivity index (χ0) is 34.9. The van der Waals surface area contributed by atoms with E-state index in [9.17, 15) is 0 Å². The van der Waals surface area contributed by atoms with Crippen LogP contribution in [0.5, 0.6) is 0 Å². The molecule has 0 fully saturated rings. The SMILES string of the molecule is c1ccc2c(-c3ccc(N(c4ccc(-n5c6ccccc6c6c7ccccc7ccc65)cc4)c4cccc5oc6ccccc6c45)cc3)cccc2c1. The molecule has 0 saturated heterocycles. The molecule has 0 bridgehead atoms. The second kappa shape index (κ2) is 11.7. The van der Waals surface area contributed by atoms with E-state index in [-0.39, 0.29) is 0 Å². The predicted octanol–water partition coefficient (Wildman–Crippen LogP) is 14.1. The van der Waals surface area contributed by atoms with E-state index in [0.29, 0.717) is 0 Å². The maximum atomic E-state index is 6.38. The third-order valence-electron chi connectivity index (χ3n) is 10.8. The molecule has 0 amide bonds. The average molecular weight is 677 g/mol. The van der Waals surface area contributed by atoms with E-state index >= 15 is 0 Å². The summed E-state index contributed by atoms with van der Waals surface area (Å²) in [4.78, 5) is 2.36. The summed E-state index contributed by atoms with van der Waals surface area (Å²) < 4.78 is 8.78. The highest BCUT2D eigenvalue weighted by atomic mass is 16.3. The number of rotatable bonds is 5. The molecule has 0 N–H and O–H groups in total. The van der Waals surface area contributed by atoms with Gasteiger partial charge in [-0.2, -0.15) is 0 Å². The standard InChI is InChI=1S/C50H32N2O/c1-3-14-39-33(11-1)13-9-18-40(39)35-23-26-36(27-24-35)51(45-20-10-22-48-50(45)43-17-6-8-21-47(43)53-48)37-28-30-38(31-29-37)52-44-19-7-5-16-42(44)49-41-15-4-2-12-34(41)25-32-46(49)52/h1-32H. The molecule has 0 aliphatic heterocycles. The molecule has 0 spiro atoms. The summed E-state index contributed by atoms with van der Waals surface area (Å²) in [6.07, 6.45) is 0. The van der Waals surface area contributed by atoms with Crippen molar-refractivity contribution >= 4 is 82.4 Å². The van der Waals surface area contributed by atoms with Crippen molar-refractivity contribution in [3.8, 4) is 16.8 Å². The summed E-state index contributed by atoms with van der Waals surface area (Å²) in [6, 6.07) is 69.7. The molecule has 2 heterocycles. The van der Waals surface area contributed by atoms with Crippen LogP contribution in [-0.4, -0.2) is 4.57 Å². The predicted molar refractivity (Wildman–Crippen MR) is 223 cm³/mol. The van der Waals surface area contributed by atoms with E-state index in [2.05, 4.69) is 191 Å². The van der Waals surface area contributed by atoms with Gasteiger partial charge in [0.2, 0.25) is 0 Å². The highest BCUT2D eigenvalue weighted by molar-refractivity contribution is 6.21. The molecule has 0 aliphatic carbocycles. The second-order valence-electron chi connectivity index (χ2n) is 13.7. The van der Waals surface area contributed by atoms with E-state index in [1.165, 1.54) is 54.5 Å². The monoisotopic (exact) mass is 676 g/mol. The number of aromatic nitrogens is 1. The number of benzene rings is 9. The molecule has 53 heavy (non-hydrogen) atoms. The van der Waals surface area contributed by atoms with Gasteiger partial charge in [-0.05, 0) is 99.4 Å². The van der Waals surface area contributed by atoms with Crippen LogP contribution in [0, 0.1) is 0 Å². The fraction of sp³-hybridized carbons (Fsp3) is 0. The van der Waals surface area contributed by atoms with Gasteiger partial charge in [-0.3, -0.25) is 0 Å². The number of nitrogens with zero attached hydrogens (tertiary/aromatic N) is 2. The van der Waals surface area contributed by atoms with Gasteiger partial charge in [0.25, 0.3) is 0 Å². The maximum Gasteiger partial charge on any atom is 0.137 e. The van der Waals surface area contributed by atoms with Crippen LogP contribution in [-0.2, 0) is 0 Å². The lowest BCUT2D eigenvalue weighted by Crippen LogP contribution is -2.10. The molecule has 9 aromatic carbocycles. The van der Waals surface area contributed by atoms with Gasteiger partial charge in [-0.15, -0.1) is 0 Å². The molecule has 0 radical (unpaired) electrons. The Morgan fingerprint density at radius 2 is 0.981 bits per heavy atom. The van der Waals surface area contributed by atoms with Crippen LogP contribution >= 0.6 is 0 Å². The Kier molecular flexibility index (Phi) is 6.55. The highest BCUT2D eigenvalue weighted by Crippen LogP contribution is 2.44. The van der Waals surface area contributed by atoms with Crippen LogP contribution in [0.2, 0.25) is 0 Å². The first-order valence-corrected chi connectivity index (χ1v) is 18.1. The molecular weight excluding hydrogens is 645 g/mol. The van der Waals surface area contributed by atoms with Crippen molar-refractivity contribution in [3.63, 3.8) is 0 Å². The van der Waals surface area contributed by atoms with E-state index in [1.807, 2.05) is 12.1 Å². The summed E-state index contributed by atoms with van der Waals surface area (Å²) in [5.41, 5.74) is 10.9. The van der Waals surface area contributed by atoms with Gasteiger partial charge in [0.05, 0.1) is 22.1 Å². The van der Waals surface area contributed by atoms with Gasteiger partial charge in [0, 0.05) is 33.2 Å². The van der Waals surface area contributed by atoms with Gasteiger partial charge in [0.15, 0.2) is 0 Å². The fourth-order valence-corrected chi connectivity index (χ4v) is 8.40. The number of furan rings is 1. The lowest BCUT2D eigenvalue weighted by molar-refractivity contribution is 0.669. The lowest BCUT2D eigenvalue weighted by atomic mass is 9.98. The van der Waals surface area contributed by atoms with E-state index < -0.39 is 0 Å². The van der Waals surface area contributed by atoms with Crippen molar-refractivity contribution in [2.24, 2.45) is 0 Å². The Morgan fingerprint density at radius 1 is 0.377 bits per heavy atom. The molecule has 11 rings (SSSR count). The van der Waals surface area contributed by atoms with Crippen molar-refractivity contribution < 1.29 is 4.42 Å². The maximum absolute atomic E-state index is 6.38. The molecule has 0 aliphatic rings. The molecule has 0 saturated carbocycles. The van der Waals surface area contributed by atoms with Crippen molar-refractivity contribution in [3.05, 3.63) is 194 Å². The quantitative estimate of drug-likeness (QED) is 0.181. The smallest absolute Gasteiger partial charge is 0.137 e. The van der Waals surface area contributed by atoms with Crippen molar-refractivity contribution in [1.82, 2.24) is 4.57 Å². The minimum Gasteiger partial charge on any atom is -0.456 e. The molecule has 248 valence electrons. The summed E-state index contributed by atoms with van der Waals surface area (Å²) in [5.74, 6) is 0. The van der Waals surface area contributed by atoms with Crippen molar-refractivity contribution in [1.29, 1.82) is 0 Å². The van der Waals surface area contributed by atoms with Crippen LogP contribution in [0.4, 0.5) is 17.1 Å². The first-order valence-electron chi connectivity index (χ1n) is 18.1. The largest absolute Gasteiger partial charge is 0.456 e. The van der Waals surface area contributed by atoms with Gasteiger partial charge >= 0.3 is 0 Å². The van der Waals surface area contributed by atoms with Gasteiger partial charge in [-0.25, -0.2) is 0 Å². The van der Waals surface area contributed by atoms with Crippen molar-refractivity contribution in [2.75, 3.05) is 4.90 Å². The first kappa shape index (κ1) is 29.6. The summed E-state index contributed by atoms with van der Waals surface area (Å²) in [5, 5.41) is 9.76. The Bertz CT molecular complexity index is 3160. The average Bonchev–Trinajstić information content (AvgIpc) is 3.78. The minimum atomic E-state index is 0.871. The summed E-state index contributed by atoms with van der Waals surface area (Å²) in [6.45, 7) is 0. The fourth-order valence-electron chi connectivity index (χ4n) is 8.40. The van der Waals surface area contributed by atoms with Gasteiger partial charge in [0.1, 0.15) is 11.2 Å². The zero-order valence-corrected chi connectivity index (χ0v) is 28.8. The van der Waals surface area contributed by atoms with Crippen LogP contribution in [0.1, 0.15) is 0 Å². The number of para-hydroxylation sites is 2. The number of hydrogen-bond acceptors (Lipinski definition) is 2. The molecule has 0 atom stereocenters. The number of fused-ring (bicyclic) bond motifs is 9. The normalized spacial score (nSPS) is 11.8. The topological polar surface area (TPSA) is 21.3 Å². The molecule has 3 nitrogen and oxygen atoms in total. The zero-order valence-electron chi connectivity index (χ0n) is 28.8. The van der Waals surface area contributed by atoms with E-state index in [4.69, 9.17) is 4.42 Å². The van der Waals surface area contributed by atoms with Crippen molar-refractivity contribution in [2.45, 2.75) is 0 Å². The van der Waals surface area contributed by atoms with Crippen LogP contribution in [0.15, 0.2) is 199 Å². The summed E-state index contributed by atoms with van der Waals surface area (Å²) in [7, 11) is 0. The minimum absolute atomic E-state index is 0.871. The third-order valence-corrected chi connectivity index (χ3v) is 10.8. The first-order chi connectivity index (χ1) is 26.3. The van der Waals surface area contributed by atoms with Crippen LogP contribution in [0.25, 0.3) is 82.1 Å². The molecule has 3 heteroatoms. The second-order valence-corrected chi connectivity index (χ2v) is 13.7. The van der Waals surface area contributed by atoms with Gasteiger partial charge < -0.3 is 13.9 Å². The highest BCUT2D eigenvalue weighted by Gasteiger charge is 2.21. The number of hydrogen-bond donors (Lipinski definition) is 0. The van der Waals surface area contributed by atoms with Crippen LogP contribution < -0.4 is 4.90 Å². The molecular formula is C50H32N2O. The third kappa shape index (κ3) is 4.61. The Morgan fingerprint density at radius 3 is 1.79 bits per heavy atom. The Labute approximate surface area is 306 Å². The van der Waals surface area contributed by atoms with E-state index in [1.54, 1.807) is 0 Å². The van der Waals surface area contributed by atoms with Gasteiger partial charge in [-0.1, -0.05) is 127 Å². The molecule has 11 aromatic rings. The molecule has 0 unspecified atom stereocenters.